The van der Waals surface area contributed by atoms with Gasteiger partial charge in [-0.15, -0.1) is 0 Å². The fourth-order valence-electron chi connectivity index (χ4n) is 4.65. The predicted molar refractivity (Wildman–Crippen MR) is 110 cm³/mol. The van der Waals surface area contributed by atoms with Crippen molar-refractivity contribution in [2.45, 2.75) is 38.8 Å². The van der Waals surface area contributed by atoms with Crippen LogP contribution in [0.1, 0.15) is 34.6 Å². The van der Waals surface area contributed by atoms with Gasteiger partial charge in [-0.05, 0) is 51.0 Å². The number of amides is 1. The number of carbonyl (C=O) groups excluding carboxylic acids is 1. The summed E-state index contributed by atoms with van der Waals surface area (Å²) >= 11 is 0. The van der Waals surface area contributed by atoms with Crippen LogP contribution in [-0.4, -0.2) is 55.7 Å². The Kier molecular flexibility index (Phi) is 4.30. The topological polar surface area (TPSA) is 67.2 Å². The number of carbonyl (C=O) groups is 1. The SMILES string of the molecule is Cc1cc(C)nc(N2C3CCC2CN(C(=O)c2ccccc2-n2cccn2)C3)n1. The van der Waals surface area contributed by atoms with Gasteiger partial charge in [0, 0.05) is 49.0 Å². The zero-order chi connectivity index (χ0) is 20.0. The molecule has 2 aliphatic rings. The lowest BCUT2D eigenvalue weighted by atomic mass is 10.1. The molecule has 2 aliphatic heterocycles. The van der Waals surface area contributed by atoms with Gasteiger partial charge in [-0.3, -0.25) is 4.79 Å². The first-order valence-corrected chi connectivity index (χ1v) is 10.1. The molecule has 1 aromatic carbocycles. The highest BCUT2D eigenvalue weighted by atomic mass is 16.2. The largest absolute Gasteiger partial charge is 0.334 e. The van der Waals surface area contributed by atoms with E-state index in [1.54, 1.807) is 10.9 Å². The van der Waals surface area contributed by atoms with Gasteiger partial charge in [-0.25, -0.2) is 14.6 Å². The maximum Gasteiger partial charge on any atom is 0.256 e. The van der Waals surface area contributed by atoms with Crippen LogP contribution in [0.25, 0.3) is 5.69 Å². The fraction of sp³-hybridized carbons (Fsp3) is 0.364. The van der Waals surface area contributed by atoms with Crippen LogP contribution < -0.4 is 4.90 Å². The Hall–Kier alpha value is -3.22. The lowest BCUT2D eigenvalue weighted by molar-refractivity contribution is 0.0716. The molecule has 2 bridgehead atoms. The summed E-state index contributed by atoms with van der Waals surface area (Å²) in [6.45, 7) is 5.40. The second kappa shape index (κ2) is 6.99. The highest BCUT2D eigenvalue weighted by Crippen LogP contribution is 2.34. The Morgan fingerprint density at radius 2 is 1.69 bits per heavy atom. The van der Waals surface area contributed by atoms with Crippen molar-refractivity contribution in [3.63, 3.8) is 0 Å². The summed E-state index contributed by atoms with van der Waals surface area (Å²) in [7, 11) is 0. The molecule has 5 rings (SSSR count). The van der Waals surface area contributed by atoms with E-state index in [1.165, 1.54) is 0 Å². The molecule has 2 atom stereocenters. The van der Waals surface area contributed by atoms with Gasteiger partial charge in [-0.2, -0.15) is 5.10 Å². The van der Waals surface area contributed by atoms with Crippen LogP contribution in [0.2, 0.25) is 0 Å². The van der Waals surface area contributed by atoms with Gasteiger partial charge >= 0.3 is 0 Å². The normalized spacial score (nSPS) is 20.9. The van der Waals surface area contributed by atoms with Crippen molar-refractivity contribution in [2.24, 2.45) is 0 Å². The number of hydrogen-bond acceptors (Lipinski definition) is 5. The third kappa shape index (κ3) is 3.16. The summed E-state index contributed by atoms with van der Waals surface area (Å²) in [5.74, 6) is 0.869. The molecular weight excluding hydrogens is 364 g/mol. The van der Waals surface area contributed by atoms with Gasteiger partial charge in [0.2, 0.25) is 5.95 Å². The maximum absolute atomic E-state index is 13.4. The van der Waals surface area contributed by atoms with E-state index in [1.807, 2.05) is 61.3 Å². The van der Waals surface area contributed by atoms with Gasteiger partial charge in [0.1, 0.15) is 0 Å². The third-order valence-corrected chi connectivity index (χ3v) is 5.86. The molecule has 2 aromatic heterocycles. The van der Waals surface area contributed by atoms with Crippen LogP contribution in [-0.2, 0) is 0 Å². The van der Waals surface area contributed by atoms with Crippen molar-refractivity contribution in [1.29, 1.82) is 0 Å². The Morgan fingerprint density at radius 3 is 2.34 bits per heavy atom. The minimum Gasteiger partial charge on any atom is -0.334 e. The number of nitrogens with zero attached hydrogens (tertiary/aromatic N) is 6. The monoisotopic (exact) mass is 388 g/mol. The Bertz CT molecular complexity index is 1010. The second-order valence-corrected chi connectivity index (χ2v) is 7.92. The number of hydrogen-bond donors (Lipinski definition) is 0. The van der Waals surface area contributed by atoms with Gasteiger partial charge in [0.25, 0.3) is 5.91 Å². The first-order chi connectivity index (χ1) is 14.1. The first-order valence-electron chi connectivity index (χ1n) is 10.1. The van der Waals surface area contributed by atoms with Crippen LogP contribution >= 0.6 is 0 Å². The van der Waals surface area contributed by atoms with E-state index >= 15 is 0 Å². The Labute approximate surface area is 170 Å². The fourth-order valence-corrected chi connectivity index (χ4v) is 4.65. The molecule has 4 heterocycles. The summed E-state index contributed by atoms with van der Waals surface area (Å²) in [4.78, 5) is 27.1. The van der Waals surface area contributed by atoms with Gasteiger partial charge in [0.05, 0.1) is 11.3 Å². The number of piperazine rings is 1. The van der Waals surface area contributed by atoms with Crippen molar-refractivity contribution >= 4 is 11.9 Å². The average Bonchev–Trinajstić information content (AvgIpc) is 3.33. The lowest BCUT2D eigenvalue weighted by Gasteiger charge is -2.41. The van der Waals surface area contributed by atoms with Crippen LogP contribution in [0.15, 0.2) is 48.8 Å². The Morgan fingerprint density at radius 1 is 1.00 bits per heavy atom. The van der Waals surface area contributed by atoms with Gasteiger partial charge in [0.15, 0.2) is 0 Å². The smallest absolute Gasteiger partial charge is 0.256 e. The minimum atomic E-state index is 0.0639. The molecule has 148 valence electrons. The zero-order valence-corrected chi connectivity index (χ0v) is 16.7. The molecule has 0 aliphatic carbocycles. The molecule has 2 saturated heterocycles. The summed E-state index contributed by atoms with van der Waals surface area (Å²) in [5.41, 5.74) is 3.47. The Balaban J connectivity index is 1.41. The molecule has 0 spiro atoms. The number of anilines is 1. The second-order valence-electron chi connectivity index (χ2n) is 7.92. The van der Waals surface area contributed by atoms with E-state index in [4.69, 9.17) is 0 Å². The van der Waals surface area contributed by atoms with Gasteiger partial charge in [-0.1, -0.05) is 12.1 Å². The van der Waals surface area contributed by atoms with Crippen LogP contribution in [0, 0.1) is 13.8 Å². The first kappa shape index (κ1) is 17.8. The summed E-state index contributed by atoms with van der Waals surface area (Å²) in [6.07, 6.45) is 5.71. The maximum atomic E-state index is 13.4. The number of rotatable bonds is 3. The van der Waals surface area contributed by atoms with Crippen molar-refractivity contribution in [3.05, 3.63) is 65.7 Å². The molecule has 7 nitrogen and oxygen atoms in total. The number of aryl methyl sites for hydroxylation is 2. The van der Waals surface area contributed by atoms with Crippen molar-refractivity contribution in [1.82, 2.24) is 24.6 Å². The molecular formula is C22H24N6O. The van der Waals surface area contributed by atoms with E-state index in [0.717, 1.165) is 35.9 Å². The molecule has 3 aromatic rings. The van der Waals surface area contributed by atoms with E-state index in [0.29, 0.717) is 18.7 Å². The summed E-state index contributed by atoms with van der Waals surface area (Å²) in [5, 5.41) is 4.31. The van der Waals surface area contributed by atoms with Crippen molar-refractivity contribution in [2.75, 3.05) is 18.0 Å². The van der Waals surface area contributed by atoms with Gasteiger partial charge < -0.3 is 9.80 Å². The van der Waals surface area contributed by atoms with Crippen LogP contribution in [0.3, 0.4) is 0 Å². The van der Waals surface area contributed by atoms with Crippen molar-refractivity contribution < 1.29 is 4.79 Å². The van der Waals surface area contributed by atoms with Crippen LogP contribution in [0.5, 0.6) is 0 Å². The highest BCUT2D eigenvalue weighted by Gasteiger charge is 2.43. The molecule has 1 amide bonds. The summed E-state index contributed by atoms with van der Waals surface area (Å²) in [6, 6.07) is 12.1. The average molecular weight is 388 g/mol. The van der Waals surface area contributed by atoms with E-state index in [-0.39, 0.29) is 18.0 Å². The molecule has 7 heteroatoms. The predicted octanol–water partition coefficient (Wildman–Crippen LogP) is 2.77. The van der Waals surface area contributed by atoms with E-state index < -0.39 is 0 Å². The molecule has 29 heavy (non-hydrogen) atoms. The number of para-hydroxylation sites is 1. The number of benzene rings is 1. The number of likely N-dealkylation sites (tertiary alicyclic amines) is 1. The van der Waals surface area contributed by atoms with E-state index in [9.17, 15) is 4.79 Å². The quantitative estimate of drug-likeness (QED) is 0.690. The third-order valence-electron chi connectivity index (χ3n) is 5.86. The standard InChI is InChI=1S/C22H24N6O/c1-15-12-16(2)25-22(24-15)28-17-8-9-18(28)14-26(13-17)21(29)19-6-3-4-7-20(19)27-11-5-10-23-27/h3-7,10-12,17-18H,8-9,13-14H2,1-2H3. The molecule has 0 saturated carbocycles. The van der Waals surface area contributed by atoms with E-state index in [2.05, 4.69) is 20.0 Å². The molecule has 0 radical (unpaired) electrons. The van der Waals surface area contributed by atoms with Crippen molar-refractivity contribution in [3.8, 4) is 5.69 Å². The zero-order valence-electron chi connectivity index (χ0n) is 16.7. The molecule has 2 unspecified atom stereocenters. The number of aromatic nitrogens is 4. The lowest BCUT2D eigenvalue weighted by Crippen LogP contribution is -2.56. The molecule has 2 fully saturated rings. The molecule has 0 N–H and O–H groups in total. The highest BCUT2D eigenvalue weighted by molar-refractivity contribution is 5.98. The summed E-state index contributed by atoms with van der Waals surface area (Å²) < 4.78 is 1.75. The van der Waals surface area contributed by atoms with Crippen LogP contribution in [0.4, 0.5) is 5.95 Å². The number of fused-ring (bicyclic) bond motifs is 2. The minimum absolute atomic E-state index is 0.0639.